The number of nitrogens with one attached hydrogen (secondary N) is 1. The Morgan fingerprint density at radius 1 is 1.15 bits per heavy atom. The van der Waals surface area contributed by atoms with Gasteiger partial charge in [0.1, 0.15) is 0 Å². The minimum Gasteiger partial charge on any atom is -0.348 e. The first kappa shape index (κ1) is 14.3. The highest BCUT2D eigenvalue weighted by Crippen LogP contribution is 2.29. The van der Waals surface area contributed by atoms with Crippen LogP contribution in [-0.4, -0.2) is 24.1 Å². The van der Waals surface area contributed by atoms with Gasteiger partial charge in [0.25, 0.3) is 0 Å². The molecule has 2 heterocycles. The second-order valence-corrected chi connectivity index (χ2v) is 7.19. The van der Waals surface area contributed by atoms with Gasteiger partial charge in [0.15, 0.2) is 5.13 Å². The summed E-state index contributed by atoms with van der Waals surface area (Å²) in [5, 5.41) is 4.91. The van der Waals surface area contributed by atoms with Crippen molar-refractivity contribution in [2.24, 2.45) is 0 Å². The molecule has 3 nitrogen and oxygen atoms in total. The van der Waals surface area contributed by atoms with Gasteiger partial charge in [-0.05, 0) is 32.1 Å². The van der Waals surface area contributed by atoms with Crippen LogP contribution in [0.4, 0.5) is 5.13 Å². The number of aryl methyl sites for hydroxylation is 1. The smallest absolute Gasteiger partial charge is 0.185 e. The topological polar surface area (TPSA) is 28.2 Å². The summed E-state index contributed by atoms with van der Waals surface area (Å²) in [6.45, 7) is 5.66. The van der Waals surface area contributed by atoms with Gasteiger partial charge in [0.05, 0.1) is 5.69 Å². The van der Waals surface area contributed by atoms with Gasteiger partial charge in [-0.15, -0.1) is 11.3 Å². The van der Waals surface area contributed by atoms with E-state index in [1.54, 1.807) is 0 Å². The molecule has 0 bridgehead atoms. The highest BCUT2D eigenvalue weighted by Gasteiger charge is 2.22. The maximum Gasteiger partial charge on any atom is 0.185 e. The molecule has 1 saturated carbocycles. The minimum absolute atomic E-state index is 0.784. The zero-order chi connectivity index (χ0) is 13.8. The summed E-state index contributed by atoms with van der Waals surface area (Å²) in [4.78, 5) is 8.93. The van der Waals surface area contributed by atoms with Crippen LogP contribution >= 0.6 is 11.3 Å². The molecule has 20 heavy (non-hydrogen) atoms. The van der Waals surface area contributed by atoms with Gasteiger partial charge in [-0.1, -0.05) is 26.2 Å². The van der Waals surface area contributed by atoms with E-state index in [4.69, 9.17) is 4.98 Å². The van der Waals surface area contributed by atoms with Gasteiger partial charge in [-0.25, -0.2) is 4.98 Å². The van der Waals surface area contributed by atoms with Gasteiger partial charge < -0.3 is 10.2 Å². The number of anilines is 1. The van der Waals surface area contributed by atoms with E-state index in [-0.39, 0.29) is 0 Å². The molecule has 2 fully saturated rings. The highest BCUT2D eigenvalue weighted by atomic mass is 32.1. The van der Waals surface area contributed by atoms with Crippen molar-refractivity contribution in [2.45, 2.75) is 70.9 Å². The molecule has 0 amide bonds. The van der Waals surface area contributed by atoms with Crippen molar-refractivity contribution in [2.75, 3.05) is 18.0 Å². The molecule has 1 aromatic heterocycles. The third-order valence-corrected chi connectivity index (χ3v) is 5.52. The number of hydrogen-bond acceptors (Lipinski definition) is 4. The fourth-order valence-electron chi connectivity index (χ4n) is 2.88. The van der Waals surface area contributed by atoms with Gasteiger partial charge in [-0.2, -0.15) is 0 Å². The van der Waals surface area contributed by atoms with E-state index < -0.39 is 0 Å². The Balaban J connectivity index is 1.67. The zero-order valence-electron chi connectivity index (χ0n) is 12.7. The van der Waals surface area contributed by atoms with Crippen molar-refractivity contribution in [3.8, 4) is 0 Å². The van der Waals surface area contributed by atoms with E-state index in [9.17, 15) is 0 Å². The number of thiazole rings is 1. The quantitative estimate of drug-likeness (QED) is 0.896. The summed E-state index contributed by atoms with van der Waals surface area (Å²) >= 11 is 1.93. The van der Waals surface area contributed by atoms with Crippen molar-refractivity contribution in [1.82, 2.24) is 10.3 Å². The molecule has 112 valence electrons. The third kappa shape index (κ3) is 3.73. The molecule has 0 unspecified atom stereocenters. The van der Waals surface area contributed by atoms with Gasteiger partial charge in [0.2, 0.25) is 0 Å². The van der Waals surface area contributed by atoms with Crippen molar-refractivity contribution < 1.29 is 0 Å². The van der Waals surface area contributed by atoms with E-state index in [0.717, 1.165) is 19.0 Å². The summed E-state index contributed by atoms with van der Waals surface area (Å²) < 4.78 is 0. The molecule has 0 spiro atoms. The average molecular weight is 293 g/mol. The molecule has 0 aromatic carbocycles. The number of hydrogen-bond donors (Lipinski definition) is 1. The van der Waals surface area contributed by atoms with Gasteiger partial charge in [-0.3, -0.25) is 0 Å². The lowest BCUT2D eigenvalue weighted by molar-refractivity contribution is 0.555. The number of aromatic nitrogens is 1. The molecule has 3 rings (SSSR count). The number of rotatable bonds is 5. The first-order valence-electron chi connectivity index (χ1n) is 8.33. The van der Waals surface area contributed by atoms with Crippen LogP contribution in [-0.2, 0) is 13.0 Å². The predicted molar refractivity (Wildman–Crippen MR) is 86.7 cm³/mol. The molecule has 1 aliphatic heterocycles. The Hall–Kier alpha value is -0.610. The van der Waals surface area contributed by atoms with Gasteiger partial charge >= 0.3 is 0 Å². The van der Waals surface area contributed by atoms with Crippen LogP contribution in [0, 0.1) is 0 Å². The highest BCUT2D eigenvalue weighted by molar-refractivity contribution is 7.15. The zero-order valence-corrected chi connectivity index (χ0v) is 13.5. The summed E-state index contributed by atoms with van der Waals surface area (Å²) in [5.41, 5.74) is 1.32. The van der Waals surface area contributed by atoms with Crippen molar-refractivity contribution >= 4 is 16.5 Å². The van der Waals surface area contributed by atoms with Crippen LogP contribution in [0.1, 0.15) is 62.4 Å². The van der Waals surface area contributed by atoms with Gasteiger partial charge in [0, 0.05) is 30.6 Å². The van der Waals surface area contributed by atoms with Crippen molar-refractivity contribution in [3.05, 3.63) is 10.6 Å². The summed E-state index contributed by atoms with van der Waals surface area (Å²) in [7, 11) is 0. The Kier molecular flexibility index (Phi) is 4.94. The molecule has 1 aliphatic carbocycles. The normalized spacial score (nSPS) is 20.8. The lowest BCUT2D eigenvalue weighted by Crippen LogP contribution is -2.26. The summed E-state index contributed by atoms with van der Waals surface area (Å²) in [6, 6.07) is 0.784. The monoisotopic (exact) mass is 293 g/mol. The standard InChI is InChI=1S/C16H27N3S/c1-2-14-15(12-17-13-8-9-13)20-16(18-14)19-10-6-4-3-5-7-11-19/h13,17H,2-12H2,1H3. The first-order chi connectivity index (χ1) is 9.86. The second kappa shape index (κ2) is 6.90. The molecule has 1 saturated heterocycles. The first-order valence-corrected chi connectivity index (χ1v) is 9.15. The summed E-state index contributed by atoms with van der Waals surface area (Å²) in [6.07, 6.45) is 10.6. The Morgan fingerprint density at radius 2 is 1.85 bits per heavy atom. The Morgan fingerprint density at radius 3 is 2.50 bits per heavy atom. The maximum absolute atomic E-state index is 4.93. The van der Waals surface area contributed by atoms with Crippen LogP contribution in [0.2, 0.25) is 0 Å². The maximum atomic E-state index is 4.93. The molecule has 2 aliphatic rings. The number of nitrogens with zero attached hydrogens (tertiary/aromatic N) is 2. The van der Waals surface area contributed by atoms with E-state index in [0.29, 0.717) is 0 Å². The van der Waals surface area contributed by atoms with E-state index in [1.165, 1.54) is 73.7 Å². The lowest BCUT2D eigenvalue weighted by atomic mass is 10.1. The SMILES string of the molecule is CCc1nc(N2CCCCCCC2)sc1CNC1CC1. The van der Waals surface area contributed by atoms with E-state index in [1.807, 2.05) is 11.3 Å². The molecule has 0 radical (unpaired) electrons. The van der Waals surface area contributed by atoms with Crippen molar-refractivity contribution in [3.63, 3.8) is 0 Å². The van der Waals surface area contributed by atoms with Crippen LogP contribution in [0.25, 0.3) is 0 Å². The van der Waals surface area contributed by atoms with Crippen LogP contribution in [0.3, 0.4) is 0 Å². The molecular weight excluding hydrogens is 266 g/mol. The Bertz CT molecular complexity index is 417. The van der Waals surface area contributed by atoms with Crippen LogP contribution in [0.15, 0.2) is 0 Å². The van der Waals surface area contributed by atoms with Crippen LogP contribution in [0.5, 0.6) is 0 Å². The fourth-order valence-corrected chi connectivity index (χ4v) is 4.03. The molecule has 1 aromatic rings. The fraction of sp³-hybridized carbons (Fsp3) is 0.812. The van der Waals surface area contributed by atoms with E-state index >= 15 is 0 Å². The molecule has 4 heteroatoms. The average Bonchev–Trinajstić information content (AvgIpc) is 3.16. The summed E-state index contributed by atoms with van der Waals surface area (Å²) in [5.74, 6) is 0. The lowest BCUT2D eigenvalue weighted by Gasteiger charge is -2.23. The Labute approximate surface area is 126 Å². The van der Waals surface area contributed by atoms with Crippen LogP contribution < -0.4 is 10.2 Å². The molecular formula is C16H27N3S. The largest absolute Gasteiger partial charge is 0.348 e. The third-order valence-electron chi connectivity index (χ3n) is 4.36. The molecule has 1 N–H and O–H groups in total. The molecule has 0 atom stereocenters. The second-order valence-electron chi connectivity index (χ2n) is 6.13. The van der Waals surface area contributed by atoms with Crippen molar-refractivity contribution in [1.29, 1.82) is 0 Å². The minimum atomic E-state index is 0.784. The van der Waals surface area contributed by atoms with E-state index in [2.05, 4.69) is 17.1 Å². The predicted octanol–water partition coefficient (Wildman–Crippen LogP) is 3.73.